The van der Waals surface area contributed by atoms with E-state index in [4.69, 9.17) is 0 Å². The minimum absolute atomic E-state index is 0.200. The molecule has 1 heterocycles. The number of nitrogens with zero attached hydrogens (tertiary/aromatic N) is 2. The zero-order valence-electron chi connectivity index (χ0n) is 15.3. The summed E-state index contributed by atoms with van der Waals surface area (Å²) in [7, 11) is -3.47. The zero-order valence-corrected chi connectivity index (χ0v) is 16.1. The van der Waals surface area contributed by atoms with Crippen LogP contribution < -0.4 is 0 Å². The van der Waals surface area contributed by atoms with Crippen molar-refractivity contribution in [2.45, 2.75) is 55.8 Å². The van der Waals surface area contributed by atoms with Gasteiger partial charge in [0.1, 0.15) is 0 Å². The minimum Gasteiger partial charge on any atom is -0.340 e. The van der Waals surface area contributed by atoms with Crippen molar-refractivity contribution in [3.05, 3.63) is 29.8 Å². The number of amides is 1. The first-order valence-corrected chi connectivity index (χ1v) is 11.4. The fourth-order valence-corrected chi connectivity index (χ4v) is 5.66. The number of rotatable bonds is 4. The molecule has 2 aliphatic carbocycles. The van der Waals surface area contributed by atoms with Crippen molar-refractivity contribution in [3.63, 3.8) is 0 Å². The highest BCUT2D eigenvalue weighted by molar-refractivity contribution is 7.89. The second-order valence-corrected chi connectivity index (χ2v) is 9.85. The number of hydrogen-bond acceptors (Lipinski definition) is 3. The molecular formula is C20H28N2O3S. The first-order valence-electron chi connectivity index (χ1n) is 9.94. The number of sulfonamides is 1. The summed E-state index contributed by atoms with van der Waals surface area (Å²) in [5.41, 5.74) is 1.27. The van der Waals surface area contributed by atoms with Crippen LogP contribution in [-0.2, 0) is 14.8 Å². The van der Waals surface area contributed by atoms with Crippen LogP contribution in [-0.4, -0.2) is 49.7 Å². The van der Waals surface area contributed by atoms with Crippen LogP contribution in [0.2, 0.25) is 0 Å². The van der Waals surface area contributed by atoms with Crippen LogP contribution in [0, 0.1) is 5.92 Å². The maximum absolute atomic E-state index is 12.9. The largest absolute Gasteiger partial charge is 0.340 e. The standard InChI is InChI=1S/C20H28N2O3S/c23-20(18-6-7-18)21-12-14-22(15-13-21)26(24,25)19-10-8-17(9-11-19)16-4-2-1-3-5-16/h8-11,16,18H,1-7,12-15H2. The van der Waals surface area contributed by atoms with E-state index in [-0.39, 0.29) is 11.8 Å². The van der Waals surface area contributed by atoms with Crippen molar-refractivity contribution in [2.24, 2.45) is 5.92 Å². The summed E-state index contributed by atoms with van der Waals surface area (Å²) in [6.07, 6.45) is 8.27. The Morgan fingerprint density at radius 1 is 0.846 bits per heavy atom. The highest BCUT2D eigenvalue weighted by Gasteiger charge is 2.36. The molecule has 26 heavy (non-hydrogen) atoms. The highest BCUT2D eigenvalue weighted by Crippen LogP contribution is 2.34. The number of carbonyl (C=O) groups is 1. The summed E-state index contributed by atoms with van der Waals surface area (Å²) >= 11 is 0. The average molecular weight is 377 g/mol. The Bertz CT molecular complexity index is 742. The van der Waals surface area contributed by atoms with Crippen molar-refractivity contribution in [3.8, 4) is 0 Å². The lowest BCUT2D eigenvalue weighted by atomic mass is 9.84. The van der Waals surface area contributed by atoms with Crippen molar-refractivity contribution in [1.29, 1.82) is 0 Å². The zero-order chi connectivity index (χ0) is 18.1. The van der Waals surface area contributed by atoms with Gasteiger partial charge in [0.2, 0.25) is 15.9 Å². The molecule has 0 radical (unpaired) electrons. The topological polar surface area (TPSA) is 57.7 Å². The van der Waals surface area contributed by atoms with Gasteiger partial charge in [-0.2, -0.15) is 4.31 Å². The van der Waals surface area contributed by atoms with Gasteiger partial charge in [-0.15, -0.1) is 0 Å². The first-order chi connectivity index (χ1) is 12.6. The van der Waals surface area contributed by atoms with E-state index in [9.17, 15) is 13.2 Å². The molecule has 1 amide bonds. The predicted octanol–water partition coefficient (Wildman–Crippen LogP) is 2.98. The van der Waals surface area contributed by atoms with Gasteiger partial charge in [0.15, 0.2) is 0 Å². The SMILES string of the molecule is O=C(C1CC1)N1CCN(S(=O)(=O)c2ccc(C3CCCCC3)cc2)CC1. The minimum atomic E-state index is -3.47. The first kappa shape index (κ1) is 18.0. The Hall–Kier alpha value is -1.40. The lowest BCUT2D eigenvalue weighted by Crippen LogP contribution is -2.50. The number of benzene rings is 1. The summed E-state index contributed by atoms with van der Waals surface area (Å²) in [5, 5.41) is 0. The monoisotopic (exact) mass is 376 g/mol. The quantitative estimate of drug-likeness (QED) is 0.812. The van der Waals surface area contributed by atoms with Gasteiger partial charge in [0.25, 0.3) is 0 Å². The Morgan fingerprint density at radius 3 is 2.04 bits per heavy atom. The fraction of sp³-hybridized carbons (Fsp3) is 0.650. The lowest BCUT2D eigenvalue weighted by Gasteiger charge is -2.34. The van der Waals surface area contributed by atoms with E-state index in [0.29, 0.717) is 37.0 Å². The number of carbonyl (C=O) groups excluding carboxylic acids is 1. The van der Waals surface area contributed by atoms with Gasteiger partial charge >= 0.3 is 0 Å². The molecule has 3 fully saturated rings. The molecular weight excluding hydrogens is 348 g/mol. The molecule has 0 spiro atoms. The van der Waals surface area contributed by atoms with E-state index in [1.165, 1.54) is 42.0 Å². The second-order valence-electron chi connectivity index (χ2n) is 7.91. The summed E-state index contributed by atoms with van der Waals surface area (Å²) in [6.45, 7) is 1.81. The molecule has 6 heteroatoms. The molecule has 0 unspecified atom stereocenters. The molecule has 5 nitrogen and oxygen atoms in total. The third-order valence-electron chi connectivity index (χ3n) is 6.07. The van der Waals surface area contributed by atoms with Crippen LogP contribution in [0.5, 0.6) is 0 Å². The second kappa shape index (κ2) is 7.31. The van der Waals surface area contributed by atoms with Crippen molar-refractivity contribution in [2.75, 3.05) is 26.2 Å². The van der Waals surface area contributed by atoms with E-state index >= 15 is 0 Å². The predicted molar refractivity (Wildman–Crippen MR) is 100 cm³/mol. The summed E-state index contributed by atoms with van der Waals surface area (Å²) in [5.74, 6) is 0.988. The number of hydrogen-bond donors (Lipinski definition) is 0. The molecule has 2 saturated carbocycles. The molecule has 0 bridgehead atoms. The molecule has 1 aliphatic heterocycles. The molecule has 1 aromatic rings. The van der Waals surface area contributed by atoms with Crippen LogP contribution in [0.1, 0.15) is 56.4 Å². The summed E-state index contributed by atoms with van der Waals surface area (Å²) < 4.78 is 27.4. The van der Waals surface area contributed by atoms with Gasteiger partial charge in [0.05, 0.1) is 4.90 Å². The van der Waals surface area contributed by atoms with E-state index in [0.717, 1.165) is 12.8 Å². The maximum Gasteiger partial charge on any atom is 0.243 e. The Labute approximate surface area is 156 Å². The van der Waals surface area contributed by atoms with Gasteiger partial charge < -0.3 is 4.90 Å². The molecule has 3 aliphatic rings. The molecule has 0 aromatic heterocycles. The lowest BCUT2D eigenvalue weighted by molar-refractivity contribution is -0.133. The third kappa shape index (κ3) is 3.67. The van der Waals surface area contributed by atoms with Crippen LogP contribution in [0.15, 0.2) is 29.2 Å². The molecule has 1 aromatic carbocycles. The summed E-state index contributed by atoms with van der Waals surface area (Å²) in [6, 6.07) is 7.52. The maximum atomic E-state index is 12.9. The summed E-state index contributed by atoms with van der Waals surface area (Å²) in [4.78, 5) is 14.3. The smallest absolute Gasteiger partial charge is 0.243 e. The Kier molecular flexibility index (Phi) is 5.06. The highest BCUT2D eigenvalue weighted by atomic mass is 32.2. The molecule has 0 atom stereocenters. The van der Waals surface area contributed by atoms with Crippen LogP contribution in [0.3, 0.4) is 0 Å². The van der Waals surface area contributed by atoms with Gasteiger partial charge in [-0.1, -0.05) is 31.4 Å². The van der Waals surface area contributed by atoms with E-state index < -0.39 is 10.0 Å². The van der Waals surface area contributed by atoms with Gasteiger partial charge in [0, 0.05) is 32.1 Å². The average Bonchev–Trinajstić information content (AvgIpc) is 3.54. The van der Waals surface area contributed by atoms with Crippen LogP contribution in [0.25, 0.3) is 0 Å². The van der Waals surface area contributed by atoms with Crippen LogP contribution >= 0.6 is 0 Å². The van der Waals surface area contributed by atoms with Crippen LogP contribution in [0.4, 0.5) is 0 Å². The van der Waals surface area contributed by atoms with Crippen molar-refractivity contribution < 1.29 is 13.2 Å². The molecule has 142 valence electrons. The number of piperazine rings is 1. The van der Waals surface area contributed by atoms with Gasteiger partial charge in [-0.3, -0.25) is 4.79 Å². The molecule has 1 saturated heterocycles. The van der Waals surface area contributed by atoms with E-state index in [1.54, 1.807) is 12.1 Å². The Morgan fingerprint density at radius 2 is 1.46 bits per heavy atom. The van der Waals surface area contributed by atoms with E-state index in [2.05, 4.69) is 0 Å². The molecule has 0 N–H and O–H groups in total. The van der Waals surface area contributed by atoms with Crippen molar-refractivity contribution >= 4 is 15.9 Å². The molecule has 4 rings (SSSR count). The van der Waals surface area contributed by atoms with Crippen molar-refractivity contribution in [1.82, 2.24) is 9.21 Å². The fourth-order valence-electron chi connectivity index (χ4n) is 4.23. The van der Waals surface area contributed by atoms with Gasteiger partial charge in [-0.05, 0) is 49.3 Å². The third-order valence-corrected chi connectivity index (χ3v) is 7.98. The normalized spacial score (nSPS) is 23.2. The van der Waals surface area contributed by atoms with E-state index in [1.807, 2.05) is 17.0 Å². The van der Waals surface area contributed by atoms with Gasteiger partial charge in [-0.25, -0.2) is 8.42 Å². The Balaban J connectivity index is 1.40.